The molecule has 6 nitrogen and oxygen atoms in total. The molecule has 0 spiro atoms. The number of ether oxygens (including phenoxy) is 3. The molecule has 0 aromatic heterocycles. The molecule has 1 aromatic carbocycles. The van der Waals surface area contributed by atoms with Crippen LogP contribution in [0.4, 0.5) is 10.5 Å². The molecule has 0 aliphatic carbocycles. The molecule has 3 rings (SSSR count). The van der Waals surface area contributed by atoms with Gasteiger partial charge >= 0.3 is 6.09 Å². The summed E-state index contributed by atoms with van der Waals surface area (Å²) in [6.45, 7) is 10.0. The van der Waals surface area contributed by atoms with Gasteiger partial charge in [-0.1, -0.05) is 0 Å². The van der Waals surface area contributed by atoms with Gasteiger partial charge in [0.25, 0.3) is 0 Å². The quantitative estimate of drug-likeness (QED) is 0.717. The van der Waals surface area contributed by atoms with Crippen LogP contribution in [0.25, 0.3) is 0 Å². The van der Waals surface area contributed by atoms with E-state index in [-0.39, 0.29) is 6.09 Å². The van der Waals surface area contributed by atoms with Crippen molar-refractivity contribution in [3.63, 3.8) is 0 Å². The Morgan fingerprint density at radius 1 is 1.26 bits per heavy atom. The van der Waals surface area contributed by atoms with E-state index in [2.05, 4.69) is 26.9 Å². The SMILES string of the molecule is COCCN1CCOc2cc3c(c(Br)c21)CCN(C(=O)OC(C)(C)C)CC3. The number of nitrogens with zero attached hydrogens (tertiary/aromatic N) is 2. The fourth-order valence-electron chi connectivity index (χ4n) is 3.53. The van der Waals surface area contributed by atoms with E-state index < -0.39 is 5.60 Å². The maximum atomic E-state index is 12.5. The minimum atomic E-state index is -0.481. The van der Waals surface area contributed by atoms with Crippen LogP contribution in [0.1, 0.15) is 31.9 Å². The molecule has 0 atom stereocenters. The van der Waals surface area contributed by atoms with E-state index in [0.717, 1.165) is 41.8 Å². The lowest BCUT2D eigenvalue weighted by atomic mass is 10.0. The third-order valence-corrected chi connectivity index (χ3v) is 5.69. The van der Waals surface area contributed by atoms with Crippen LogP contribution in [0.5, 0.6) is 5.75 Å². The first-order valence-corrected chi connectivity index (χ1v) is 10.3. The second kappa shape index (κ2) is 8.27. The molecular weight excluding hydrogens is 412 g/mol. The summed E-state index contributed by atoms with van der Waals surface area (Å²) >= 11 is 3.83. The molecule has 2 aliphatic heterocycles. The Labute approximate surface area is 169 Å². The van der Waals surface area contributed by atoms with Crippen molar-refractivity contribution >= 4 is 27.7 Å². The number of methoxy groups -OCH3 is 1. The maximum absolute atomic E-state index is 12.5. The Morgan fingerprint density at radius 3 is 2.70 bits per heavy atom. The number of hydrogen-bond acceptors (Lipinski definition) is 5. The lowest BCUT2D eigenvalue weighted by molar-refractivity contribution is 0.0258. The molecule has 150 valence electrons. The van der Waals surface area contributed by atoms with Crippen LogP contribution in [0.3, 0.4) is 0 Å². The number of halogens is 1. The Hall–Kier alpha value is -1.47. The number of carbonyl (C=O) groups is 1. The predicted octanol–water partition coefficient (Wildman–Crippen LogP) is 3.63. The zero-order valence-electron chi connectivity index (χ0n) is 16.6. The number of carbonyl (C=O) groups excluding carboxylic acids is 1. The summed E-state index contributed by atoms with van der Waals surface area (Å²) < 4.78 is 17.8. The Morgan fingerprint density at radius 2 is 2.00 bits per heavy atom. The van der Waals surface area contributed by atoms with Crippen LogP contribution < -0.4 is 9.64 Å². The number of fused-ring (bicyclic) bond motifs is 2. The molecule has 0 unspecified atom stereocenters. The highest BCUT2D eigenvalue weighted by atomic mass is 79.9. The summed E-state index contributed by atoms with van der Waals surface area (Å²) in [5.41, 5.74) is 3.11. The Kier molecular flexibility index (Phi) is 6.21. The third kappa shape index (κ3) is 4.69. The number of benzene rings is 1. The predicted molar refractivity (Wildman–Crippen MR) is 109 cm³/mol. The fraction of sp³-hybridized carbons (Fsp3) is 0.650. The number of anilines is 1. The smallest absolute Gasteiger partial charge is 0.410 e. The lowest BCUT2D eigenvalue weighted by Crippen LogP contribution is -2.38. The van der Waals surface area contributed by atoms with Crippen LogP contribution in [-0.2, 0) is 22.3 Å². The summed E-state index contributed by atoms with van der Waals surface area (Å²) in [6.07, 6.45) is 1.34. The van der Waals surface area contributed by atoms with Gasteiger partial charge in [-0.25, -0.2) is 4.79 Å². The van der Waals surface area contributed by atoms with Gasteiger partial charge in [0.1, 0.15) is 18.0 Å². The largest absolute Gasteiger partial charge is 0.490 e. The molecule has 1 aromatic rings. The number of hydrogen-bond donors (Lipinski definition) is 0. The van der Waals surface area contributed by atoms with Crippen molar-refractivity contribution in [2.24, 2.45) is 0 Å². The van der Waals surface area contributed by atoms with Crippen LogP contribution in [0.15, 0.2) is 10.5 Å². The zero-order valence-corrected chi connectivity index (χ0v) is 18.2. The molecule has 2 aliphatic rings. The second-order valence-corrected chi connectivity index (χ2v) is 8.76. The maximum Gasteiger partial charge on any atom is 0.410 e. The van der Waals surface area contributed by atoms with Crippen molar-refractivity contribution in [3.05, 3.63) is 21.7 Å². The van der Waals surface area contributed by atoms with E-state index in [1.165, 1.54) is 11.1 Å². The van der Waals surface area contributed by atoms with Gasteiger partial charge in [0.2, 0.25) is 0 Å². The van der Waals surface area contributed by atoms with Crippen LogP contribution >= 0.6 is 15.9 Å². The van der Waals surface area contributed by atoms with Crippen molar-refractivity contribution in [1.29, 1.82) is 0 Å². The summed E-state index contributed by atoms with van der Waals surface area (Å²) in [4.78, 5) is 16.6. The van der Waals surface area contributed by atoms with E-state index in [4.69, 9.17) is 14.2 Å². The molecule has 0 radical (unpaired) electrons. The highest BCUT2D eigenvalue weighted by molar-refractivity contribution is 9.10. The zero-order chi connectivity index (χ0) is 19.6. The van der Waals surface area contributed by atoms with Gasteiger partial charge in [-0.15, -0.1) is 0 Å². The minimum Gasteiger partial charge on any atom is -0.490 e. The van der Waals surface area contributed by atoms with Crippen molar-refractivity contribution in [2.45, 2.75) is 39.2 Å². The summed E-state index contributed by atoms with van der Waals surface area (Å²) in [5.74, 6) is 0.911. The molecule has 2 heterocycles. The third-order valence-electron chi connectivity index (χ3n) is 4.83. The second-order valence-electron chi connectivity index (χ2n) is 7.97. The standard InChI is InChI=1S/C20H29BrN2O4/c1-20(2,3)27-19(24)23-7-5-14-13-16-18(17(21)15(14)6-8-23)22(9-11-25-4)10-12-26-16/h13H,5-12H2,1-4H3. The van der Waals surface area contributed by atoms with E-state index >= 15 is 0 Å². The van der Waals surface area contributed by atoms with E-state index in [0.29, 0.717) is 26.3 Å². The van der Waals surface area contributed by atoms with Crippen molar-refractivity contribution < 1.29 is 19.0 Å². The van der Waals surface area contributed by atoms with E-state index in [1.807, 2.05) is 20.8 Å². The molecule has 0 saturated carbocycles. The molecule has 0 bridgehead atoms. The van der Waals surface area contributed by atoms with Crippen molar-refractivity contribution in [3.8, 4) is 5.75 Å². The molecule has 27 heavy (non-hydrogen) atoms. The van der Waals surface area contributed by atoms with Crippen LogP contribution in [-0.4, -0.2) is 63.1 Å². The van der Waals surface area contributed by atoms with Gasteiger partial charge in [0, 0.05) is 31.2 Å². The van der Waals surface area contributed by atoms with Crippen molar-refractivity contribution in [2.75, 3.05) is 51.4 Å². The molecular formula is C20H29BrN2O4. The average Bonchev–Trinajstić information content (AvgIpc) is 2.81. The molecule has 0 saturated heterocycles. The highest BCUT2D eigenvalue weighted by Crippen LogP contribution is 2.43. The summed E-state index contributed by atoms with van der Waals surface area (Å²) in [6, 6.07) is 2.15. The Balaban J connectivity index is 1.83. The average molecular weight is 441 g/mol. The molecule has 7 heteroatoms. The van der Waals surface area contributed by atoms with E-state index in [1.54, 1.807) is 12.0 Å². The first-order valence-electron chi connectivity index (χ1n) is 9.49. The lowest BCUT2D eigenvalue weighted by Gasteiger charge is -2.33. The van der Waals surface area contributed by atoms with Gasteiger partial charge in [-0.3, -0.25) is 0 Å². The topological polar surface area (TPSA) is 51.2 Å². The normalized spacial score (nSPS) is 16.9. The number of rotatable bonds is 3. The summed E-state index contributed by atoms with van der Waals surface area (Å²) in [5, 5.41) is 0. The van der Waals surface area contributed by atoms with Gasteiger partial charge in [0.05, 0.1) is 18.8 Å². The molecule has 1 amide bonds. The van der Waals surface area contributed by atoms with Crippen molar-refractivity contribution in [1.82, 2.24) is 4.90 Å². The Bertz CT molecular complexity index is 702. The molecule has 0 fully saturated rings. The number of amides is 1. The first kappa shape index (κ1) is 20.3. The van der Waals surface area contributed by atoms with Crippen LogP contribution in [0.2, 0.25) is 0 Å². The monoisotopic (exact) mass is 440 g/mol. The van der Waals surface area contributed by atoms with Gasteiger partial charge in [0.15, 0.2) is 0 Å². The molecule has 0 N–H and O–H groups in total. The van der Waals surface area contributed by atoms with Gasteiger partial charge in [-0.05, 0) is 66.7 Å². The van der Waals surface area contributed by atoms with E-state index in [9.17, 15) is 4.79 Å². The fourth-order valence-corrected chi connectivity index (χ4v) is 4.43. The van der Waals surface area contributed by atoms with Gasteiger partial charge in [-0.2, -0.15) is 0 Å². The minimum absolute atomic E-state index is 0.242. The van der Waals surface area contributed by atoms with Gasteiger partial charge < -0.3 is 24.0 Å². The van der Waals surface area contributed by atoms with Crippen LogP contribution in [0, 0.1) is 0 Å². The highest BCUT2D eigenvalue weighted by Gasteiger charge is 2.29. The first-order chi connectivity index (χ1) is 12.8. The summed E-state index contributed by atoms with van der Waals surface area (Å²) in [7, 11) is 1.72.